The molecule has 1 aliphatic heterocycles. The lowest BCUT2D eigenvalue weighted by Crippen LogP contribution is -2.17. The Morgan fingerprint density at radius 3 is 2.60 bits per heavy atom. The van der Waals surface area contributed by atoms with Crippen LogP contribution in [0.15, 0.2) is 12.1 Å². The summed E-state index contributed by atoms with van der Waals surface area (Å²) >= 11 is 0. The minimum absolute atomic E-state index is 0.0984. The van der Waals surface area contributed by atoms with Crippen molar-refractivity contribution in [3.05, 3.63) is 22.2 Å². The second-order valence-electron chi connectivity index (χ2n) is 4.21. The first-order valence-electron chi connectivity index (χ1n) is 6.19. The van der Waals surface area contributed by atoms with Crippen LogP contribution in [0.4, 0.5) is 11.4 Å². The number of anilines is 1. The summed E-state index contributed by atoms with van der Waals surface area (Å²) in [6.07, 6.45) is 0.728. The van der Waals surface area contributed by atoms with Gasteiger partial charge in [-0.1, -0.05) is 0 Å². The molecule has 1 aromatic carbocycles. The zero-order chi connectivity index (χ0) is 14.5. The van der Waals surface area contributed by atoms with E-state index in [-0.39, 0.29) is 23.7 Å². The van der Waals surface area contributed by atoms with Gasteiger partial charge in [0.05, 0.1) is 11.0 Å². The second-order valence-corrected chi connectivity index (χ2v) is 4.21. The molecule has 1 heterocycles. The number of carbonyl (C=O) groups is 1. The van der Waals surface area contributed by atoms with Gasteiger partial charge in [-0.05, 0) is 13.0 Å². The Bertz CT molecular complexity index is 532. The van der Waals surface area contributed by atoms with Crippen molar-refractivity contribution < 1.29 is 19.2 Å². The van der Waals surface area contributed by atoms with Crippen LogP contribution in [-0.4, -0.2) is 30.6 Å². The molecule has 1 aromatic rings. The highest BCUT2D eigenvalue weighted by Crippen LogP contribution is 2.39. The average Bonchev–Trinajstić information content (AvgIpc) is 2.44. The van der Waals surface area contributed by atoms with Gasteiger partial charge in [-0.15, -0.1) is 0 Å². The quantitative estimate of drug-likeness (QED) is 0.615. The fourth-order valence-corrected chi connectivity index (χ4v) is 1.80. The van der Waals surface area contributed by atoms with Gasteiger partial charge in [-0.2, -0.15) is 0 Å². The predicted molar refractivity (Wildman–Crippen MR) is 71.0 cm³/mol. The normalized spacial score (nSPS) is 12.8. The summed E-state index contributed by atoms with van der Waals surface area (Å²) in [6.45, 7) is 1.09. The number of nitrogens with one attached hydrogen (secondary N) is 1. The SMILES string of the molecule is NCCCC(=O)Nc1cc2c(cc1[N+](=O)[O-])OCCO2. The van der Waals surface area contributed by atoms with Gasteiger partial charge in [0.1, 0.15) is 18.9 Å². The van der Waals surface area contributed by atoms with Crippen molar-refractivity contribution in [2.45, 2.75) is 12.8 Å². The molecule has 1 amide bonds. The highest BCUT2D eigenvalue weighted by atomic mass is 16.6. The average molecular weight is 281 g/mol. The van der Waals surface area contributed by atoms with Crippen molar-refractivity contribution in [1.29, 1.82) is 0 Å². The first-order chi connectivity index (χ1) is 9.61. The number of hydrogen-bond acceptors (Lipinski definition) is 6. The van der Waals surface area contributed by atoms with Crippen LogP contribution in [0.3, 0.4) is 0 Å². The maximum absolute atomic E-state index is 11.7. The maximum atomic E-state index is 11.7. The Morgan fingerprint density at radius 1 is 1.35 bits per heavy atom. The molecule has 0 aliphatic carbocycles. The molecule has 0 fully saturated rings. The molecule has 1 aliphatic rings. The van der Waals surface area contributed by atoms with Gasteiger partial charge in [-0.25, -0.2) is 0 Å². The van der Waals surface area contributed by atoms with E-state index >= 15 is 0 Å². The topological polar surface area (TPSA) is 117 Å². The second kappa shape index (κ2) is 6.20. The lowest BCUT2D eigenvalue weighted by atomic mass is 10.2. The number of carbonyl (C=O) groups excluding carboxylic acids is 1. The van der Waals surface area contributed by atoms with Gasteiger partial charge in [0.25, 0.3) is 5.69 Å². The zero-order valence-electron chi connectivity index (χ0n) is 10.8. The molecule has 0 saturated carbocycles. The molecule has 0 bridgehead atoms. The van der Waals surface area contributed by atoms with E-state index < -0.39 is 4.92 Å². The molecule has 2 rings (SSSR count). The summed E-state index contributed by atoms with van der Waals surface area (Å²) in [5, 5.41) is 13.5. The van der Waals surface area contributed by atoms with Crippen LogP contribution in [0.25, 0.3) is 0 Å². The van der Waals surface area contributed by atoms with E-state index in [0.717, 1.165) is 0 Å². The van der Waals surface area contributed by atoms with Gasteiger partial charge in [0, 0.05) is 12.5 Å². The summed E-state index contributed by atoms with van der Waals surface area (Å²) in [5.74, 6) is 0.370. The Hall–Kier alpha value is -2.35. The lowest BCUT2D eigenvalue weighted by molar-refractivity contribution is -0.384. The Morgan fingerprint density at radius 2 is 2.00 bits per heavy atom. The van der Waals surface area contributed by atoms with Crippen LogP contribution in [0.1, 0.15) is 12.8 Å². The molecule has 8 heteroatoms. The molecular formula is C12H15N3O5. The number of nitrogens with zero attached hydrogens (tertiary/aromatic N) is 1. The summed E-state index contributed by atoms with van der Waals surface area (Å²) in [6, 6.07) is 2.67. The molecule has 8 nitrogen and oxygen atoms in total. The highest BCUT2D eigenvalue weighted by molar-refractivity contribution is 5.93. The molecule has 0 atom stereocenters. The Balaban J connectivity index is 2.25. The number of nitro benzene ring substituents is 1. The van der Waals surface area contributed by atoms with Crippen molar-refractivity contribution in [2.75, 3.05) is 25.1 Å². The number of nitrogens with two attached hydrogens (primary N) is 1. The first kappa shape index (κ1) is 14.1. The molecule has 0 aromatic heterocycles. The van der Waals surface area contributed by atoms with Crippen LogP contribution in [0.5, 0.6) is 11.5 Å². The van der Waals surface area contributed by atoms with Crippen molar-refractivity contribution >= 4 is 17.3 Å². The van der Waals surface area contributed by atoms with E-state index in [1.807, 2.05) is 0 Å². The van der Waals surface area contributed by atoms with Crippen molar-refractivity contribution in [2.24, 2.45) is 5.73 Å². The minimum Gasteiger partial charge on any atom is -0.486 e. The van der Waals surface area contributed by atoms with E-state index in [4.69, 9.17) is 15.2 Å². The van der Waals surface area contributed by atoms with Crippen LogP contribution in [0.2, 0.25) is 0 Å². The molecule has 0 unspecified atom stereocenters. The van der Waals surface area contributed by atoms with Crippen LogP contribution in [0, 0.1) is 10.1 Å². The van der Waals surface area contributed by atoms with Crippen molar-refractivity contribution in [3.8, 4) is 11.5 Å². The van der Waals surface area contributed by atoms with Gasteiger partial charge in [0.15, 0.2) is 11.5 Å². The molecule has 20 heavy (non-hydrogen) atoms. The number of benzene rings is 1. The standard InChI is InChI=1S/C12H15N3O5/c13-3-1-2-12(16)14-8-6-10-11(20-5-4-19-10)7-9(8)15(17)18/h6-7H,1-5,13H2,(H,14,16). The molecule has 0 radical (unpaired) electrons. The summed E-state index contributed by atoms with van der Waals surface area (Å²) in [4.78, 5) is 22.1. The molecule has 0 spiro atoms. The number of ether oxygens (including phenoxy) is 2. The van der Waals surface area contributed by atoms with Crippen LogP contribution in [-0.2, 0) is 4.79 Å². The number of fused-ring (bicyclic) bond motifs is 1. The summed E-state index contributed by atoms with van der Waals surface area (Å²) in [5.41, 5.74) is 5.19. The first-order valence-corrected chi connectivity index (χ1v) is 6.19. The Labute approximate surface area is 115 Å². The van der Waals surface area contributed by atoms with E-state index in [0.29, 0.717) is 37.7 Å². The summed E-state index contributed by atoms with van der Waals surface area (Å²) in [7, 11) is 0. The molecular weight excluding hydrogens is 266 g/mol. The predicted octanol–water partition coefficient (Wildman–Crippen LogP) is 1.04. The minimum atomic E-state index is -0.573. The maximum Gasteiger partial charge on any atom is 0.296 e. The summed E-state index contributed by atoms with van der Waals surface area (Å²) < 4.78 is 10.6. The van der Waals surface area contributed by atoms with Crippen molar-refractivity contribution in [1.82, 2.24) is 0 Å². The van der Waals surface area contributed by atoms with Gasteiger partial charge < -0.3 is 20.5 Å². The lowest BCUT2D eigenvalue weighted by Gasteiger charge is -2.19. The number of hydrogen-bond donors (Lipinski definition) is 2. The molecule has 108 valence electrons. The smallest absolute Gasteiger partial charge is 0.296 e. The fraction of sp³-hybridized carbons (Fsp3) is 0.417. The fourth-order valence-electron chi connectivity index (χ4n) is 1.80. The van der Waals surface area contributed by atoms with E-state index in [2.05, 4.69) is 5.32 Å². The molecule has 0 saturated heterocycles. The van der Waals surface area contributed by atoms with E-state index in [1.54, 1.807) is 0 Å². The van der Waals surface area contributed by atoms with E-state index in [1.165, 1.54) is 12.1 Å². The van der Waals surface area contributed by atoms with E-state index in [9.17, 15) is 14.9 Å². The third-order valence-corrected chi connectivity index (χ3v) is 2.74. The van der Waals surface area contributed by atoms with Crippen LogP contribution >= 0.6 is 0 Å². The van der Waals surface area contributed by atoms with Gasteiger partial charge in [0.2, 0.25) is 5.91 Å². The van der Waals surface area contributed by atoms with Crippen LogP contribution < -0.4 is 20.5 Å². The van der Waals surface area contributed by atoms with Crippen molar-refractivity contribution in [3.63, 3.8) is 0 Å². The number of amides is 1. The zero-order valence-corrected chi connectivity index (χ0v) is 10.8. The monoisotopic (exact) mass is 281 g/mol. The Kier molecular flexibility index (Phi) is 4.36. The third-order valence-electron chi connectivity index (χ3n) is 2.74. The van der Waals surface area contributed by atoms with Gasteiger partial charge in [-0.3, -0.25) is 14.9 Å². The number of nitro groups is 1. The number of rotatable bonds is 5. The third kappa shape index (κ3) is 3.15. The highest BCUT2D eigenvalue weighted by Gasteiger charge is 2.23. The molecule has 3 N–H and O–H groups in total. The van der Waals surface area contributed by atoms with Gasteiger partial charge >= 0.3 is 0 Å². The largest absolute Gasteiger partial charge is 0.486 e.